The molecule has 1 aromatic rings. The zero-order valence-electron chi connectivity index (χ0n) is 8.75. The van der Waals surface area contributed by atoms with Crippen molar-refractivity contribution in [2.75, 3.05) is 13.1 Å². The molecule has 0 saturated carbocycles. The van der Waals surface area contributed by atoms with E-state index in [4.69, 9.17) is 0 Å². The molecule has 74 valence electrons. The Bertz CT molecular complexity index is 338. The number of aliphatic imine (C=N–C) groups is 1. The molecule has 1 unspecified atom stereocenters. The van der Waals surface area contributed by atoms with E-state index in [9.17, 15) is 0 Å². The van der Waals surface area contributed by atoms with Crippen LogP contribution in [0, 0.1) is 6.92 Å². The van der Waals surface area contributed by atoms with Crippen LogP contribution in [-0.4, -0.2) is 18.9 Å². The summed E-state index contributed by atoms with van der Waals surface area (Å²) < 4.78 is 0. The molecule has 0 bridgehead atoms. The number of rotatable bonds is 1. The predicted octanol–water partition coefficient (Wildman–Crippen LogP) is 2.10. The summed E-state index contributed by atoms with van der Waals surface area (Å²) in [6.45, 7) is 6.07. The summed E-state index contributed by atoms with van der Waals surface area (Å²) in [5.74, 6) is 1.60. The lowest BCUT2D eigenvalue weighted by molar-refractivity contribution is 0.637. The smallest absolute Gasteiger partial charge is 0.0932 e. The van der Waals surface area contributed by atoms with E-state index in [0.717, 1.165) is 18.9 Å². The number of benzene rings is 1. The summed E-state index contributed by atoms with van der Waals surface area (Å²) >= 11 is 0. The lowest BCUT2D eigenvalue weighted by atomic mass is 9.97. The fraction of sp³-hybridized carbons (Fsp3) is 0.417. The molecule has 2 rings (SSSR count). The van der Waals surface area contributed by atoms with Crippen LogP contribution in [0.15, 0.2) is 29.3 Å². The standard InChI is InChI=1S/C12H16N2/c1-9-3-5-11(6-4-9)12-7-13-10(2)14-8-12/h3-6,12H,7-8H2,1-2H3,(H,13,14). The molecule has 1 heterocycles. The van der Waals surface area contributed by atoms with Crippen molar-refractivity contribution in [1.82, 2.24) is 5.32 Å². The van der Waals surface area contributed by atoms with E-state index in [2.05, 4.69) is 41.5 Å². The highest BCUT2D eigenvalue weighted by Crippen LogP contribution is 2.18. The number of aryl methyl sites for hydroxylation is 1. The van der Waals surface area contributed by atoms with Gasteiger partial charge in [0.15, 0.2) is 0 Å². The minimum absolute atomic E-state index is 0.541. The molecule has 0 saturated heterocycles. The first-order valence-corrected chi connectivity index (χ1v) is 5.07. The maximum absolute atomic E-state index is 4.42. The Morgan fingerprint density at radius 1 is 1.21 bits per heavy atom. The van der Waals surface area contributed by atoms with Crippen molar-refractivity contribution in [2.24, 2.45) is 4.99 Å². The SMILES string of the molecule is CC1=NCC(c2ccc(C)cc2)CN1. The monoisotopic (exact) mass is 188 g/mol. The molecule has 2 heteroatoms. The van der Waals surface area contributed by atoms with Crippen LogP contribution in [-0.2, 0) is 0 Å². The van der Waals surface area contributed by atoms with E-state index in [0.29, 0.717) is 5.92 Å². The third-order valence-corrected chi connectivity index (χ3v) is 2.70. The summed E-state index contributed by atoms with van der Waals surface area (Å²) in [5.41, 5.74) is 2.71. The Labute approximate surface area is 85.1 Å². The molecule has 1 atom stereocenters. The molecule has 0 spiro atoms. The highest BCUT2D eigenvalue weighted by molar-refractivity contribution is 5.80. The third kappa shape index (κ3) is 1.95. The molecule has 0 aromatic heterocycles. The molecule has 1 aromatic carbocycles. The molecule has 1 aliphatic heterocycles. The van der Waals surface area contributed by atoms with Crippen LogP contribution in [0.5, 0.6) is 0 Å². The number of hydrogen-bond donors (Lipinski definition) is 1. The maximum Gasteiger partial charge on any atom is 0.0932 e. The minimum Gasteiger partial charge on any atom is -0.373 e. The molecule has 0 fully saturated rings. The lowest BCUT2D eigenvalue weighted by Crippen LogP contribution is -2.32. The topological polar surface area (TPSA) is 24.4 Å². The molecule has 0 radical (unpaired) electrons. The average Bonchev–Trinajstić information content (AvgIpc) is 2.21. The second-order valence-corrected chi connectivity index (χ2v) is 3.91. The first kappa shape index (κ1) is 9.25. The van der Waals surface area contributed by atoms with Gasteiger partial charge >= 0.3 is 0 Å². The van der Waals surface area contributed by atoms with Gasteiger partial charge in [-0.25, -0.2) is 0 Å². The van der Waals surface area contributed by atoms with Gasteiger partial charge in [-0.2, -0.15) is 0 Å². The van der Waals surface area contributed by atoms with Crippen molar-refractivity contribution >= 4 is 5.84 Å². The quantitative estimate of drug-likeness (QED) is 0.717. The molecular weight excluding hydrogens is 172 g/mol. The van der Waals surface area contributed by atoms with Crippen LogP contribution < -0.4 is 5.32 Å². The number of nitrogens with one attached hydrogen (secondary N) is 1. The van der Waals surface area contributed by atoms with Gasteiger partial charge in [0.1, 0.15) is 0 Å². The van der Waals surface area contributed by atoms with Gasteiger partial charge in [-0.3, -0.25) is 4.99 Å². The summed E-state index contributed by atoms with van der Waals surface area (Å²) in [5, 5.41) is 3.30. The van der Waals surface area contributed by atoms with Gasteiger partial charge in [0.05, 0.1) is 5.84 Å². The highest BCUT2D eigenvalue weighted by Gasteiger charge is 2.14. The second-order valence-electron chi connectivity index (χ2n) is 3.91. The van der Waals surface area contributed by atoms with Crippen molar-refractivity contribution in [2.45, 2.75) is 19.8 Å². The first-order chi connectivity index (χ1) is 6.75. The van der Waals surface area contributed by atoms with Crippen LogP contribution in [0.1, 0.15) is 24.0 Å². The van der Waals surface area contributed by atoms with Gasteiger partial charge in [-0.05, 0) is 19.4 Å². The molecule has 1 N–H and O–H groups in total. The van der Waals surface area contributed by atoms with E-state index < -0.39 is 0 Å². The molecule has 0 amide bonds. The van der Waals surface area contributed by atoms with Crippen molar-refractivity contribution in [3.05, 3.63) is 35.4 Å². The zero-order chi connectivity index (χ0) is 9.97. The fourth-order valence-corrected chi connectivity index (χ4v) is 1.70. The van der Waals surface area contributed by atoms with Crippen LogP contribution in [0.4, 0.5) is 0 Å². The fourth-order valence-electron chi connectivity index (χ4n) is 1.70. The summed E-state index contributed by atoms with van der Waals surface area (Å²) in [6.07, 6.45) is 0. The van der Waals surface area contributed by atoms with Gasteiger partial charge in [-0.1, -0.05) is 29.8 Å². The Kier molecular flexibility index (Phi) is 2.53. The number of hydrogen-bond acceptors (Lipinski definition) is 2. The molecule has 2 nitrogen and oxygen atoms in total. The van der Waals surface area contributed by atoms with Crippen LogP contribution in [0.3, 0.4) is 0 Å². The second kappa shape index (κ2) is 3.82. The van der Waals surface area contributed by atoms with Gasteiger partial charge in [0.2, 0.25) is 0 Å². The van der Waals surface area contributed by atoms with Gasteiger partial charge in [0.25, 0.3) is 0 Å². The Morgan fingerprint density at radius 2 is 1.93 bits per heavy atom. The van der Waals surface area contributed by atoms with Crippen LogP contribution in [0.2, 0.25) is 0 Å². The van der Waals surface area contributed by atoms with Gasteiger partial charge in [-0.15, -0.1) is 0 Å². The molecule has 0 aliphatic carbocycles. The summed E-state index contributed by atoms with van der Waals surface area (Å²) in [6, 6.07) is 8.75. The summed E-state index contributed by atoms with van der Waals surface area (Å²) in [4.78, 5) is 4.42. The Morgan fingerprint density at radius 3 is 2.50 bits per heavy atom. The van der Waals surface area contributed by atoms with Crippen molar-refractivity contribution in [3.63, 3.8) is 0 Å². The van der Waals surface area contributed by atoms with E-state index >= 15 is 0 Å². The first-order valence-electron chi connectivity index (χ1n) is 5.07. The molecule has 1 aliphatic rings. The van der Waals surface area contributed by atoms with E-state index in [1.165, 1.54) is 11.1 Å². The Hall–Kier alpha value is -1.31. The lowest BCUT2D eigenvalue weighted by Gasteiger charge is -2.21. The highest BCUT2D eigenvalue weighted by atomic mass is 15.0. The number of amidine groups is 1. The van der Waals surface area contributed by atoms with Crippen molar-refractivity contribution in [1.29, 1.82) is 0 Å². The van der Waals surface area contributed by atoms with E-state index in [1.54, 1.807) is 0 Å². The predicted molar refractivity (Wildman–Crippen MR) is 59.9 cm³/mol. The van der Waals surface area contributed by atoms with Crippen LogP contribution >= 0.6 is 0 Å². The van der Waals surface area contributed by atoms with E-state index in [-0.39, 0.29) is 0 Å². The summed E-state index contributed by atoms with van der Waals surface area (Å²) in [7, 11) is 0. The Balaban J connectivity index is 2.13. The maximum atomic E-state index is 4.42. The molecule has 14 heavy (non-hydrogen) atoms. The van der Waals surface area contributed by atoms with Crippen LogP contribution in [0.25, 0.3) is 0 Å². The van der Waals surface area contributed by atoms with Gasteiger partial charge in [0, 0.05) is 19.0 Å². The zero-order valence-corrected chi connectivity index (χ0v) is 8.75. The van der Waals surface area contributed by atoms with Crippen molar-refractivity contribution in [3.8, 4) is 0 Å². The number of nitrogens with zero attached hydrogens (tertiary/aromatic N) is 1. The largest absolute Gasteiger partial charge is 0.373 e. The minimum atomic E-state index is 0.541. The molecular formula is C12H16N2. The van der Waals surface area contributed by atoms with Gasteiger partial charge < -0.3 is 5.32 Å². The van der Waals surface area contributed by atoms with E-state index in [1.807, 2.05) is 6.92 Å². The normalized spacial score (nSPS) is 21.3. The van der Waals surface area contributed by atoms with Crippen molar-refractivity contribution < 1.29 is 0 Å². The average molecular weight is 188 g/mol. The third-order valence-electron chi connectivity index (χ3n) is 2.70.